The third-order valence-electron chi connectivity index (χ3n) is 18.0. The maximum Gasteiger partial charge on any atom is 1.00 e. The summed E-state index contributed by atoms with van der Waals surface area (Å²) in [5, 5.41) is 40.2. The van der Waals surface area contributed by atoms with Crippen LogP contribution in [0, 0.1) is 36.4 Å². The minimum Gasteiger partial charge on any atom is -1.00 e. The Morgan fingerprint density at radius 3 is 1.01 bits per heavy atom. The monoisotopic (exact) mass is 2080 g/mol. The molecule has 6 atom stereocenters. The van der Waals surface area contributed by atoms with E-state index in [4.69, 9.17) is 43.3 Å². The molecule has 36 heteroatoms. The van der Waals surface area contributed by atoms with E-state index in [1.54, 1.807) is 167 Å². The Balaban J connectivity index is -0.000000803. The zero-order valence-corrected chi connectivity index (χ0v) is 94.4. The predicted molar refractivity (Wildman–Crippen MR) is 570 cm³/mol. The first-order chi connectivity index (χ1) is 64.1. The van der Waals surface area contributed by atoms with Crippen LogP contribution >= 0.6 is 47.9 Å². The molecule has 1 aliphatic heterocycles. The van der Waals surface area contributed by atoms with Crippen LogP contribution in [-0.2, 0) is 107 Å². The van der Waals surface area contributed by atoms with Crippen LogP contribution in [0.5, 0.6) is 0 Å². The number of amides is 4. The number of rotatable bonds is 32. The maximum atomic E-state index is 13.0. The number of carboxylic acid groups (broad SMARTS) is 1. The molecule has 2 unspecified atom stereocenters. The molecule has 8 rings (SSSR count). The van der Waals surface area contributed by atoms with Gasteiger partial charge in [-0.25, -0.2) is 38.0 Å². The van der Waals surface area contributed by atoms with Gasteiger partial charge in [-0.3, -0.25) is 22.8 Å². The molecule has 0 aromatic heterocycles. The van der Waals surface area contributed by atoms with Crippen molar-refractivity contribution in [1.82, 2.24) is 21.3 Å². The Kier molecular flexibility index (Phi) is 67.6. The number of aldehydes is 2. The Morgan fingerprint density at radius 2 is 0.738 bits per heavy atom. The summed E-state index contributed by atoms with van der Waals surface area (Å²) in [6.45, 7) is 57.2. The topological polar surface area (TPSA) is 378 Å². The van der Waals surface area contributed by atoms with E-state index in [1.165, 1.54) is 39.0 Å². The van der Waals surface area contributed by atoms with Crippen molar-refractivity contribution in [1.29, 1.82) is 0 Å². The number of aliphatic hydroxyl groups is 1. The summed E-state index contributed by atoms with van der Waals surface area (Å²) >= 11 is 9.39. The van der Waals surface area contributed by atoms with Gasteiger partial charge in [0.2, 0.25) is 0 Å². The summed E-state index contributed by atoms with van der Waals surface area (Å²) in [6.07, 6.45) is -0.436. The average Bonchev–Trinajstić information content (AvgIpc) is 1.62. The van der Waals surface area contributed by atoms with Crippen molar-refractivity contribution >= 4 is 151 Å². The summed E-state index contributed by atoms with van der Waals surface area (Å²) in [7, 11) is -3.18. The van der Waals surface area contributed by atoms with Crippen LogP contribution in [-0.4, -0.2) is 172 Å². The van der Waals surface area contributed by atoms with Crippen molar-refractivity contribution in [2.45, 2.75) is 345 Å². The minimum absolute atomic E-state index is 0. The number of thioether (sulfide) groups is 3. The number of hydrogen-bond acceptors (Lipinski definition) is 25. The molecule has 1 heterocycles. The summed E-state index contributed by atoms with van der Waals surface area (Å²) in [6, 6.07) is 43.4. The van der Waals surface area contributed by atoms with Gasteiger partial charge in [0.1, 0.15) is 79.2 Å². The number of hydrogen-bond donors (Lipinski definition) is 8. The van der Waals surface area contributed by atoms with Crippen LogP contribution in [0.25, 0.3) is 0 Å². The van der Waals surface area contributed by atoms with Crippen LogP contribution < -0.4 is 56.3 Å². The van der Waals surface area contributed by atoms with E-state index in [2.05, 4.69) is 87.6 Å². The smallest absolute Gasteiger partial charge is 1.00 e. The van der Waals surface area contributed by atoms with Gasteiger partial charge in [-0.1, -0.05) is 213 Å². The predicted octanol–water partition coefficient (Wildman–Crippen LogP) is 18.4. The number of nitrogens with one attached hydrogen (secondary N) is 4. The summed E-state index contributed by atoms with van der Waals surface area (Å²) in [5.74, 6) is -3.95. The van der Waals surface area contributed by atoms with Gasteiger partial charge >= 0.3 is 78.8 Å². The van der Waals surface area contributed by atoms with Gasteiger partial charge in [0.15, 0.2) is 0 Å². The number of ether oxygens (including phenoxy) is 6. The number of esters is 3. The Bertz CT molecular complexity index is 4930. The maximum absolute atomic E-state index is 13.0. The number of benzene rings is 7. The minimum atomic E-state index is -1.08. The zero-order chi connectivity index (χ0) is 105. The molecule has 26 nitrogen and oxygen atoms in total. The summed E-state index contributed by atoms with van der Waals surface area (Å²) in [4.78, 5) is 122. The number of aliphatic hydroxyl groups excluding tert-OH is 1. The van der Waals surface area contributed by atoms with E-state index < -0.39 is 118 Å². The number of alkyl carbamates (subject to hydrolysis) is 3. The van der Waals surface area contributed by atoms with Crippen LogP contribution in [0.2, 0.25) is 0 Å². The molecule has 777 valence electrons. The van der Waals surface area contributed by atoms with Gasteiger partial charge < -0.3 is 71.0 Å². The summed E-state index contributed by atoms with van der Waals surface area (Å²) in [5.41, 5.74) is 5.25. The molecular formula is C105H155B2FN4NaO22S6. The van der Waals surface area contributed by atoms with E-state index in [0.717, 1.165) is 49.5 Å². The van der Waals surface area contributed by atoms with Gasteiger partial charge in [-0.2, -0.15) is 12.6 Å². The molecule has 0 saturated carbocycles. The molecule has 1 aliphatic rings. The van der Waals surface area contributed by atoms with Crippen LogP contribution in [0.1, 0.15) is 274 Å². The molecule has 141 heavy (non-hydrogen) atoms. The molecule has 7 N–H and O–H groups in total. The van der Waals surface area contributed by atoms with E-state index >= 15 is 0 Å². The Hall–Kier alpha value is -8.32. The third kappa shape index (κ3) is 59.0. The molecule has 0 saturated heterocycles. The number of fused-ring (bicyclic) bond motifs is 1. The Labute approximate surface area is 887 Å². The number of carbonyl (C=O) groups is 10. The van der Waals surface area contributed by atoms with Gasteiger partial charge in [0.25, 0.3) is 5.91 Å². The standard InChI is InChI=1S/C24H30BNO6S.C20H31NO5S.C20H31NO4S.C10H19NO4.C10H14OS.C10H12OS.C7H5FO.C3H8S.CH4.B.Na.H/c1-14(2)22(24(28)31-12-17-6-9-19(10-7-17)33(30)15(3)4)26-23(27)20-11-8-18-13-32-25(29)21(18)16(20)5;1-13(2)17(21-19(23)26-20(5,6)7)18(22)25-12-15-8-10-16(11-9-15)27(24)14(3)4;1-13(2)17(21-19(23)25-20(5,6)7)18(22)24-12-15-8-10-16(11-9-15)26-14(3)4;1-6(2)7(8(12)13)11-9(14)15-10(3,4)5;2*1-8(2)12-10-5-3-9(7-11)4-6-10;8-7-3-1-6(5-9)2-4-7;1-3(2)4;;;;/h6-11,14-15,22,29H,12-13H2,1-5H3,(H,26,27);8-11,13-14,17H,12H2,1-7H3,(H,21,23);8-11,13-14,17H,12H2,1-7H3,(H,21,23);6-7H,1-5H3,(H,11,14)(H,12,13);3-6,8,11H,7H2,1-2H3;3-8H,1-2H3;1-5H;3-4H,1-2H3;1H4;;;/q;;;;;;;;;;+1;-1/t22-,33?;17-,27?;17-;7-;;;;;;;;/m0000......../s1. The van der Waals surface area contributed by atoms with Crippen LogP contribution in [0.15, 0.2) is 182 Å². The zero-order valence-electron chi connectivity index (χ0n) is 88.4. The fourth-order valence-corrected chi connectivity index (χ4v) is 15.7. The fourth-order valence-electron chi connectivity index (χ4n) is 11.3. The van der Waals surface area contributed by atoms with Crippen molar-refractivity contribution in [3.8, 4) is 0 Å². The van der Waals surface area contributed by atoms with Gasteiger partial charge in [-0.15, -0.1) is 35.3 Å². The molecule has 7 aromatic carbocycles. The first-order valence-corrected chi connectivity index (χ1v) is 51.4. The number of halogens is 1. The van der Waals surface area contributed by atoms with Crippen LogP contribution in [0.3, 0.4) is 0 Å². The number of carbonyl (C=O) groups excluding carboxylic acids is 9. The third-order valence-corrected chi connectivity index (χ3v) is 24.2. The SMILES string of the molecule is C.CC(C)S.CC(C)Sc1ccc(C=O)cc1.CC(C)Sc1ccc(CO)cc1.CC(C)Sc1ccc(COC(=O)[C@@H](NC(=O)OC(C)(C)C)C(C)C)cc1.CC(C)[C@H](NC(=O)OC(C)(C)C)C(=O)O.CC(C)[C@H](NC(=O)OC(C)(C)C)C(=O)OCc1ccc(S(=O)C(C)C)cc1.Cc1c(C(=O)N[C@H](C(=O)OCc2ccc(S(=O)C(C)C)cc2)C(C)C)ccc2c1B(O)OC2.O=Cc1ccc(F)cc1.[B].[H-].[Na+]. The number of thiol groups is 1. The fraction of sp³-hybridized carbons (Fsp3) is 0.505. The van der Waals surface area contributed by atoms with Gasteiger partial charge in [-0.05, 0) is 228 Å². The van der Waals surface area contributed by atoms with Crippen molar-refractivity contribution < 1.29 is 140 Å². The molecule has 4 amide bonds. The van der Waals surface area contributed by atoms with E-state index in [9.17, 15) is 65.8 Å². The quantitative estimate of drug-likeness (QED) is 0.00485. The van der Waals surface area contributed by atoms with E-state index in [1.807, 2.05) is 156 Å². The van der Waals surface area contributed by atoms with Crippen molar-refractivity contribution in [3.05, 3.63) is 214 Å². The molecule has 7 aromatic rings. The largest absolute Gasteiger partial charge is 1.00 e. The van der Waals surface area contributed by atoms with Crippen LogP contribution in [0.4, 0.5) is 18.8 Å². The molecule has 0 aliphatic carbocycles. The second-order valence-corrected chi connectivity index (χ2v) is 47.8. The molecule has 0 fully saturated rings. The van der Waals surface area contributed by atoms with Gasteiger partial charge in [0.05, 0.1) is 34.8 Å². The number of carboxylic acids is 1. The summed E-state index contributed by atoms with van der Waals surface area (Å²) < 4.78 is 73.1. The molecule has 3 radical (unpaired) electrons. The van der Waals surface area contributed by atoms with Crippen molar-refractivity contribution in [3.63, 3.8) is 0 Å². The second-order valence-electron chi connectivity index (χ2n) is 37.8. The van der Waals surface area contributed by atoms with Gasteiger partial charge in [0, 0.05) is 75.8 Å². The molecule has 0 bridgehead atoms. The first-order valence-electron chi connectivity index (χ1n) is 45.8. The van der Waals surface area contributed by atoms with Crippen molar-refractivity contribution in [2.75, 3.05) is 0 Å². The molecule has 0 spiro atoms. The Morgan fingerprint density at radius 1 is 0.461 bits per heavy atom. The van der Waals surface area contributed by atoms with E-state index in [0.29, 0.717) is 56.0 Å². The first kappa shape index (κ1) is 137. The average molecular weight is 2080 g/mol. The number of aliphatic carboxylic acids is 1. The van der Waals surface area contributed by atoms with Crippen molar-refractivity contribution in [2.24, 2.45) is 23.7 Å². The second kappa shape index (κ2) is 69.7. The van der Waals surface area contributed by atoms with E-state index in [-0.39, 0.29) is 113 Å². The molecular weight excluding hydrogens is 1930 g/mol. The normalized spacial score (nSPS) is 12.6.